The lowest BCUT2D eigenvalue weighted by Crippen LogP contribution is -2.25. The van der Waals surface area contributed by atoms with Crippen LogP contribution in [0.25, 0.3) is 0 Å². The van der Waals surface area contributed by atoms with Crippen LogP contribution in [-0.4, -0.2) is 25.1 Å². The summed E-state index contributed by atoms with van der Waals surface area (Å²) in [5.74, 6) is -0.148. The number of carbonyl (C=O) groups excluding carboxylic acids is 1. The van der Waals surface area contributed by atoms with E-state index in [0.717, 1.165) is 3.79 Å². The second-order valence-corrected chi connectivity index (χ2v) is 4.33. The van der Waals surface area contributed by atoms with Crippen molar-refractivity contribution in [3.05, 3.63) is 20.8 Å². The van der Waals surface area contributed by atoms with Gasteiger partial charge in [0, 0.05) is 7.05 Å². The van der Waals surface area contributed by atoms with Crippen LogP contribution in [0.1, 0.15) is 10.4 Å². The summed E-state index contributed by atoms with van der Waals surface area (Å²) in [5, 5.41) is 3.04. The van der Waals surface area contributed by atoms with Gasteiger partial charge in [0.2, 0.25) is 0 Å². The van der Waals surface area contributed by atoms with Crippen molar-refractivity contribution in [2.45, 2.75) is 0 Å². The molecule has 0 aliphatic carbocycles. The zero-order valence-corrected chi connectivity index (χ0v) is 9.11. The Morgan fingerprint density at radius 1 is 1.75 bits per heavy atom. The highest BCUT2D eigenvalue weighted by Crippen LogP contribution is 2.24. The third-order valence-corrected chi connectivity index (χ3v) is 3.10. The molecule has 12 heavy (non-hydrogen) atoms. The molecular weight excluding hydrogens is 242 g/mol. The van der Waals surface area contributed by atoms with E-state index in [1.54, 1.807) is 13.1 Å². The molecule has 0 saturated heterocycles. The third kappa shape index (κ3) is 1.85. The zero-order chi connectivity index (χ0) is 9.14. The Hall–Kier alpha value is -0.390. The second-order valence-electron chi connectivity index (χ2n) is 2.09. The standard InChI is InChI=1S/C7H8BrNO2S/c1-9(11-2)7(10)5-3-4-12-6(5)8/h3-4H,1-2H3. The number of hydrogen-bond donors (Lipinski definition) is 0. The summed E-state index contributed by atoms with van der Waals surface area (Å²) in [4.78, 5) is 16.2. The molecule has 0 atom stereocenters. The second kappa shape index (κ2) is 4.02. The van der Waals surface area contributed by atoms with Gasteiger partial charge < -0.3 is 0 Å². The van der Waals surface area contributed by atoms with E-state index in [1.165, 1.54) is 23.5 Å². The normalized spacial score (nSPS) is 9.92. The van der Waals surface area contributed by atoms with Crippen molar-refractivity contribution in [1.82, 2.24) is 5.06 Å². The van der Waals surface area contributed by atoms with Crippen LogP contribution in [-0.2, 0) is 4.84 Å². The molecule has 0 saturated carbocycles. The van der Waals surface area contributed by atoms with Gasteiger partial charge in [0.25, 0.3) is 5.91 Å². The first-order chi connectivity index (χ1) is 5.66. The average Bonchev–Trinajstić information content (AvgIpc) is 2.48. The van der Waals surface area contributed by atoms with E-state index in [9.17, 15) is 4.79 Å². The largest absolute Gasteiger partial charge is 0.279 e. The summed E-state index contributed by atoms with van der Waals surface area (Å²) in [6, 6.07) is 1.76. The predicted molar refractivity (Wildman–Crippen MR) is 51.1 cm³/mol. The van der Waals surface area contributed by atoms with Gasteiger partial charge in [0.15, 0.2) is 0 Å². The molecule has 0 fully saturated rings. The number of halogens is 1. The minimum Gasteiger partial charge on any atom is -0.274 e. The number of carbonyl (C=O) groups is 1. The molecule has 0 bridgehead atoms. The van der Waals surface area contributed by atoms with Gasteiger partial charge in [-0.2, -0.15) is 0 Å². The quantitative estimate of drug-likeness (QED) is 0.752. The topological polar surface area (TPSA) is 29.5 Å². The summed E-state index contributed by atoms with van der Waals surface area (Å²) in [5.41, 5.74) is 0.629. The van der Waals surface area contributed by atoms with Gasteiger partial charge in [-0.1, -0.05) is 0 Å². The Morgan fingerprint density at radius 3 is 2.83 bits per heavy atom. The van der Waals surface area contributed by atoms with Crippen molar-refractivity contribution in [3.63, 3.8) is 0 Å². The van der Waals surface area contributed by atoms with Gasteiger partial charge in [-0.3, -0.25) is 9.63 Å². The van der Waals surface area contributed by atoms with E-state index in [2.05, 4.69) is 15.9 Å². The summed E-state index contributed by atoms with van der Waals surface area (Å²) in [7, 11) is 3.03. The molecule has 1 aromatic heterocycles. The maximum atomic E-state index is 11.4. The van der Waals surface area contributed by atoms with Gasteiger partial charge in [0.1, 0.15) is 0 Å². The number of hydrogen-bond acceptors (Lipinski definition) is 3. The van der Waals surface area contributed by atoms with Crippen molar-refractivity contribution in [2.75, 3.05) is 14.2 Å². The molecule has 5 heteroatoms. The molecule has 0 aromatic carbocycles. The molecule has 1 rings (SSSR count). The van der Waals surface area contributed by atoms with Crippen molar-refractivity contribution >= 4 is 33.2 Å². The maximum Gasteiger partial charge on any atom is 0.279 e. The van der Waals surface area contributed by atoms with E-state index in [0.29, 0.717) is 5.56 Å². The van der Waals surface area contributed by atoms with Crippen molar-refractivity contribution in [2.24, 2.45) is 0 Å². The summed E-state index contributed by atoms with van der Waals surface area (Å²) >= 11 is 4.75. The van der Waals surface area contributed by atoms with Crippen molar-refractivity contribution in [3.8, 4) is 0 Å². The lowest BCUT2D eigenvalue weighted by molar-refractivity contribution is -0.0757. The lowest BCUT2D eigenvalue weighted by atomic mass is 10.3. The predicted octanol–water partition coefficient (Wildman–Crippen LogP) is 2.14. The van der Waals surface area contributed by atoms with Crippen LogP contribution in [0, 0.1) is 0 Å². The van der Waals surface area contributed by atoms with Crippen LogP contribution < -0.4 is 0 Å². The molecule has 1 amide bonds. The first-order valence-electron chi connectivity index (χ1n) is 3.22. The molecule has 0 aliphatic rings. The first kappa shape index (κ1) is 9.70. The number of amides is 1. The molecule has 0 unspecified atom stereocenters. The van der Waals surface area contributed by atoms with Gasteiger partial charge in [-0.05, 0) is 27.4 Å². The molecule has 1 aromatic rings. The van der Waals surface area contributed by atoms with E-state index in [-0.39, 0.29) is 5.91 Å². The number of thiophene rings is 1. The number of nitrogens with zero attached hydrogens (tertiary/aromatic N) is 1. The van der Waals surface area contributed by atoms with Crippen LogP contribution in [0.4, 0.5) is 0 Å². The fourth-order valence-corrected chi connectivity index (χ4v) is 1.93. The highest BCUT2D eigenvalue weighted by atomic mass is 79.9. The fraction of sp³-hybridized carbons (Fsp3) is 0.286. The molecule has 0 aliphatic heterocycles. The van der Waals surface area contributed by atoms with E-state index >= 15 is 0 Å². The molecule has 0 radical (unpaired) electrons. The smallest absolute Gasteiger partial charge is 0.274 e. The van der Waals surface area contributed by atoms with Gasteiger partial charge in [0.05, 0.1) is 16.5 Å². The summed E-state index contributed by atoms with van der Waals surface area (Å²) in [6.45, 7) is 0. The van der Waals surface area contributed by atoms with Crippen LogP contribution in [0.15, 0.2) is 15.2 Å². The molecular formula is C7H8BrNO2S. The monoisotopic (exact) mass is 249 g/mol. The van der Waals surface area contributed by atoms with Crippen molar-refractivity contribution < 1.29 is 9.63 Å². The summed E-state index contributed by atoms with van der Waals surface area (Å²) < 4.78 is 0.830. The molecule has 1 heterocycles. The Bertz CT molecular complexity index is 287. The first-order valence-corrected chi connectivity index (χ1v) is 4.89. The van der Waals surface area contributed by atoms with E-state index in [4.69, 9.17) is 4.84 Å². The molecule has 0 N–H and O–H groups in total. The Morgan fingerprint density at radius 2 is 2.42 bits per heavy atom. The van der Waals surface area contributed by atoms with Crippen LogP contribution in [0.2, 0.25) is 0 Å². The molecule has 0 spiro atoms. The zero-order valence-electron chi connectivity index (χ0n) is 6.70. The average molecular weight is 250 g/mol. The number of rotatable bonds is 2. The maximum absolute atomic E-state index is 11.4. The summed E-state index contributed by atoms with van der Waals surface area (Å²) in [6.07, 6.45) is 0. The van der Waals surface area contributed by atoms with E-state index in [1.807, 2.05) is 5.38 Å². The fourth-order valence-electron chi connectivity index (χ4n) is 0.699. The van der Waals surface area contributed by atoms with E-state index < -0.39 is 0 Å². The van der Waals surface area contributed by atoms with Crippen LogP contribution in [0.5, 0.6) is 0 Å². The number of hydroxylamine groups is 2. The highest BCUT2D eigenvalue weighted by Gasteiger charge is 2.14. The third-order valence-electron chi connectivity index (χ3n) is 1.41. The molecule has 66 valence electrons. The SMILES string of the molecule is CON(C)C(=O)c1ccsc1Br. The lowest BCUT2D eigenvalue weighted by Gasteiger charge is -2.12. The minimum absolute atomic E-state index is 0.148. The Labute approximate surface area is 83.0 Å². The molecule has 3 nitrogen and oxygen atoms in total. The van der Waals surface area contributed by atoms with Gasteiger partial charge >= 0.3 is 0 Å². The van der Waals surface area contributed by atoms with Crippen LogP contribution >= 0.6 is 27.3 Å². The van der Waals surface area contributed by atoms with Crippen molar-refractivity contribution in [1.29, 1.82) is 0 Å². The van der Waals surface area contributed by atoms with Gasteiger partial charge in [-0.25, -0.2) is 5.06 Å². The minimum atomic E-state index is -0.148. The van der Waals surface area contributed by atoms with Crippen LogP contribution in [0.3, 0.4) is 0 Å². The Kier molecular flexibility index (Phi) is 3.25. The van der Waals surface area contributed by atoms with Gasteiger partial charge in [-0.15, -0.1) is 11.3 Å². The highest BCUT2D eigenvalue weighted by molar-refractivity contribution is 9.11. The Balaban J connectivity index is 2.85.